The maximum atomic E-state index is 12.0. The Morgan fingerprint density at radius 3 is 2.86 bits per heavy atom. The van der Waals surface area contributed by atoms with E-state index in [4.69, 9.17) is 0 Å². The van der Waals surface area contributed by atoms with Crippen molar-refractivity contribution >= 4 is 32.8 Å². The van der Waals surface area contributed by atoms with Gasteiger partial charge in [0.2, 0.25) is 0 Å². The Labute approximate surface area is 130 Å². The monoisotopic (exact) mass is 337 g/mol. The number of ether oxygens (including phenoxy) is 1. The molecule has 0 bridgehead atoms. The van der Waals surface area contributed by atoms with Gasteiger partial charge in [-0.3, -0.25) is 0 Å². The van der Waals surface area contributed by atoms with Crippen molar-refractivity contribution in [3.05, 3.63) is 35.5 Å². The first-order valence-corrected chi connectivity index (χ1v) is 8.84. The van der Waals surface area contributed by atoms with E-state index in [-0.39, 0.29) is 9.09 Å². The number of thiophene rings is 1. The topological polar surface area (TPSA) is 90.6 Å². The summed E-state index contributed by atoms with van der Waals surface area (Å²) in [6.45, 7) is 0. The van der Waals surface area contributed by atoms with Gasteiger partial charge in [0.15, 0.2) is 15.5 Å². The fourth-order valence-corrected chi connectivity index (χ4v) is 4.30. The molecule has 0 unspecified atom stereocenters. The number of rotatable bonds is 3. The van der Waals surface area contributed by atoms with Crippen LogP contribution in [0.2, 0.25) is 0 Å². The average Bonchev–Trinajstić information content (AvgIpc) is 3.09. The molecule has 114 valence electrons. The second-order valence-corrected chi connectivity index (χ2v) is 7.78. The Bertz CT molecular complexity index is 972. The summed E-state index contributed by atoms with van der Waals surface area (Å²) in [6, 6.07) is 4.98. The third-order valence-corrected chi connectivity index (χ3v) is 5.94. The van der Waals surface area contributed by atoms with E-state index < -0.39 is 15.8 Å². The highest BCUT2D eigenvalue weighted by molar-refractivity contribution is 7.93. The zero-order valence-electron chi connectivity index (χ0n) is 11.7. The molecule has 0 fully saturated rings. The van der Waals surface area contributed by atoms with Gasteiger partial charge < -0.3 is 4.74 Å². The number of carbonyl (C=O) groups is 1. The van der Waals surface area contributed by atoms with Gasteiger partial charge in [-0.1, -0.05) is 0 Å². The Morgan fingerprint density at radius 2 is 2.18 bits per heavy atom. The molecular formula is C13H11N3O4S2. The predicted octanol–water partition coefficient (Wildman–Crippen LogP) is 1.65. The van der Waals surface area contributed by atoms with Crippen LogP contribution in [0.4, 0.5) is 0 Å². The van der Waals surface area contributed by atoms with Crippen molar-refractivity contribution in [2.24, 2.45) is 0 Å². The summed E-state index contributed by atoms with van der Waals surface area (Å²) in [4.78, 5) is 16.1. The highest BCUT2D eigenvalue weighted by Gasteiger charge is 2.24. The van der Waals surface area contributed by atoms with Crippen LogP contribution in [0.5, 0.6) is 0 Å². The van der Waals surface area contributed by atoms with E-state index in [1.165, 1.54) is 23.9 Å². The number of methoxy groups -OCH3 is 1. The standard InChI is InChI=1S/C13H11N3O4S2/c1-20-12(17)10-6-8(13(21-10)22(2,18)19)9-7-14-11-4-3-5-15-16(9)11/h3-7H,1-2H3. The molecule has 3 aromatic heterocycles. The number of imidazole rings is 1. The minimum Gasteiger partial charge on any atom is -0.465 e. The zero-order valence-corrected chi connectivity index (χ0v) is 13.3. The summed E-state index contributed by atoms with van der Waals surface area (Å²) in [7, 11) is -2.26. The van der Waals surface area contributed by atoms with Crippen molar-refractivity contribution in [2.45, 2.75) is 4.21 Å². The number of sulfone groups is 1. The first-order valence-electron chi connectivity index (χ1n) is 6.13. The summed E-state index contributed by atoms with van der Waals surface area (Å²) >= 11 is 0.875. The minimum absolute atomic E-state index is 0.0837. The Hall–Kier alpha value is -2.26. The smallest absolute Gasteiger partial charge is 0.348 e. The quantitative estimate of drug-likeness (QED) is 0.675. The van der Waals surface area contributed by atoms with Crippen LogP contribution in [0.25, 0.3) is 16.9 Å². The summed E-state index contributed by atoms with van der Waals surface area (Å²) in [5, 5.41) is 4.16. The molecule has 3 aromatic rings. The van der Waals surface area contributed by atoms with Gasteiger partial charge >= 0.3 is 5.97 Å². The number of carbonyl (C=O) groups excluding carboxylic acids is 1. The molecular weight excluding hydrogens is 326 g/mol. The second kappa shape index (κ2) is 5.18. The fourth-order valence-electron chi connectivity index (χ4n) is 2.04. The van der Waals surface area contributed by atoms with E-state index >= 15 is 0 Å². The van der Waals surface area contributed by atoms with Crippen molar-refractivity contribution < 1.29 is 17.9 Å². The molecule has 0 aliphatic heterocycles. The van der Waals surface area contributed by atoms with Crippen LogP contribution in [0, 0.1) is 0 Å². The maximum absolute atomic E-state index is 12.0. The Balaban J connectivity index is 2.30. The highest BCUT2D eigenvalue weighted by atomic mass is 32.2. The summed E-state index contributed by atoms with van der Waals surface area (Å²) in [5.41, 5.74) is 1.48. The van der Waals surface area contributed by atoms with Gasteiger partial charge in [-0.2, -0.15) is 5.10 Å². The maximum Gasteiger partial charge on any atom is 0.348 e. The van der Waals surface area contributed by atoms with E-state index in [1.54, 1.807) is 18.3 Å². The van der Waals surface area contributed by atoms with E-state index in [0.717, 1.165) is 17.6 Å². The van der Waals surface area contributed by atoms with Gasteiger partial charge in [0, 0.05) is 18.0 Å². The van der Waals surface area contributed by atoms with E-state index in [0.29, 0.717) is 16.9 Å². The molecule has 0 amide bonds. The van der Waals surface area contributed by atoms with Gasteiger partial charge in [0.1, 0.15) is 9.09 Å². The lowest BCUT2D eigenvalue weighted by molar-refractivity contribution is 0.0606. The van der Waals surface area contributed by atoms with Crippen LogP contribution in [-0.2, 0) is 14.6 Å². The van der Waals surface area contributed by atoms with Crippen molar-refractivity contribution in [1.82, 2.24) is 14.6 Å². The first kappa shape index (κ1) is 14.7. The highest BCUT2D eigenvalue weighted by Crippen LogP contribution is 2.35. The zero-order chi connectivity index (χ0) is 15.9. The average molecular weight is 337 g/mol. The molecule has 0 aliphatic carbocycles. The van der Waals surface area contributed by atoms with Gasteiger partial charge in [-0.25, -0.2) is 22.7 Å². The molecule has 0 atom stereocenters. The molecule has 0 aromatic carbocycles. The van der Waals surface area contributed by atoms with Gasteiger partial charge in [0.05, 0.1) is 19.0 Å². The van der Waals surface area contributed by atoms with Crippen LogP contribution in [0.15, 0.2) is 34.8 Å². The van der Waals surface area contributed by atoms with Crippen LogP contribution in [0.3, 0.4) is 0 Å². The molecule has 7 nitrogen and oxygen atoms in total. The molecule has 0 saturated carbocycles. The van der Waals surface area contributed by atoms with E-state index in [1.807, 2.05) is 0 Å². The van der Waals surface area contributed by atoms with Gasteiger partial charge in [-0.15, -0.1) is 11.3 Å². The lowest BCUT2D eigenvalue weighted by Crippen LogP contribution is -1.98. The SMILES string of the molecule is COC(=O)c1cc(-c2cnc3cccnn23)c(S(C)(=O)=O)s1. The molecule has 3 heterocycles. The van der Waals surface area contributed by atoms with E-state index in [9.17, 15) is 13.2 Å². The molecule has 9 heteroatoms. The van der Waals surface area contributed by atoms with E-state index in [2.05, 4.69) is 14.8 Å². The number of hydrogen-bond donors (Lipinski definition) is 0. The van der Waals surface area contributed by atoms with Crippen LogP contribution in [-0.4, -0.2) is 42.4 Å². The summed E-state index contributed by atoms with van der Waals surface area (Å²) < 4.78 is 30.3. The lowest BCUT2D eigenvalue weighted by atomic mass is 10.2. The van der Waals surface area contributed by atoms with Crippen molar-refractivity contribution in [3.63, 3.8) is 0 Å². The molecule has 0 aliphatic rings. The predicted molar refractivity (Wildman–Crippen MR) is 80.7 cm³/mol. The van der Waals surface area contributed by atoms with Gasteiger partial charge in [-0.05, 0) is 18.2 Å². The van der Waals surface area contributed by atoms with Crippen molar-refractivity contribution in [1.29, 1.82) is 0 Å². The molecule has 0 radical (unpaired) electrons. The van der Waals surface area contributed by atoms with Crippen LogP contribution < -0.4 is 0 Å². The fraction of sp³-hybridized carbons (Fsp3) is 0.154. The van der Waals surface area contributed by atoms with Crippen LogP contribution in [0.1, 0.15) is 9.67 Å². The molecule has 0 spiro atoms. The normalized spacial score (nSPS) is 11.7. The number of nitrogens with zero attached hydrogens (tertiary/aromatic N) is 3. The minimum atomic E-state index is -3.51. The number of esters is 1. The molecule has 0 N–H and O–H groups in total. The molecule has 3 rings (SSSR count). The van der Waals surface area contributed by atoms with Gasteiger partial charge in [0.25, 0.3) is 0 Å². The summed E-state index contributed by atoms with van der Waals surface area (Å²) in [5.74, 6) is -0.581. The van der Waals surface area contributed by atoms with Crippen molar-refractivity contribution in [3.8, 4) is 11.3 Å². The van der Waals surface area contributed by atoms with Crippen molar-refractivity contribution in [2.75, 3.05) is 13.4 Å². The third-order valence-electron chi connectivity index (χ3n) is 2.98. The molecule has 0 saturated heterocycles. The first-order chi connectivity index (χ1) is 10.4. The van der Waals surface area contributed by atoms with Crippen LogP contribution >= 0.6 is 11.3 Å². The second-order valence-electron chi connectivity index (χ2n) is 4.51. The lowest BCUT2D eigenvalue weighted by Gasteiger charge is -2.01. The number of aromatic nitrogens is 3. The summed E-state index contributed by atoms with van der Waals surface area (Å²) in [6.07, 6.45) is 4.20. The number of hydrogen-bond acceptors (Lipinski definition) is 7. The largest absolute Gasteiger partial charge is 0.465 e. The molecule has 22 heavy (non-hydrogen) atoms. The number of fused-ring (bicyclic) bond motifs is 1. The Morgan fingerprint density at radius 1 is 1.41 bits per heavy atom. The third kappa shape index (κ3) is 2.38. The Kier molecular flexibility index (Phi) is 3.45.